The van der Waals surface area contributed by atoms with Crippen LogP contribution in [0, 0.1) is 0 Å². The van der Waals surface area contributed by atoms with E-state index in [1.165, 1.54) is 22.2 Å². The molecule has 98 valence electrons. The molecule has 0 bridgehead atoms. The maximum atomic E-state index is 5.88. The van der Waals surface area contributed by atoms with Gasteiger partial charge in [-0.3, -0.25) is 0 Å². The number of anilines is 1. The molecule has 2 unspecified atom stereocenters. The number of fused-ring (bicyclic) bond motifs is 5. The van der Waals surface area contributed by atoms with Crippen LogP contribution in [0.15, 0.2) is 18.2 Å². The first kappa shape index (κ1) is 11.8. The smallest absolute Gasteiger partial charge is 0.132 e. The predicted molar refractivity (Wildman–Crippen MR) is 84.2 cm³/mol. The van der Waals surface area contributed by atoms with Crippen LogP contribution in [-0.4, -0.2) is 13.2 Å². The van der Waals surface area contributed by atoms with Gasteiger partial charge in [-0.15, -0.1) is 0 Å². The Morgan fingerprint density at radius 1 is 1.26 bits per heavy atom. The summed E-state index contributed by atoms with van der Waals surface area (Å²) in [6.45, 7) is 1.82. The second kappa shape index (κ2) is 4.23. The van der Waals surface area contributed by atoms with Crippen LogP contribution in [0.2, 0.25) is 0 Å². The fraction of sp³-hybridized carbons (Fsp3) is 0.286. The lowest BCUT2D eigenvalue weighted by atomic mass is 9.98. The zero-order valence-electron chi connectivity index (χ0n) is 10.5. The van der Waals surface area contributed by atoms with E-state index in [1.807, 2.05) is 0 Å². The fourth-order valence-electron chi connectivity index (χ4n) is 3.13. The highest BCUT2D eigenvalue weighted by molar-refractivity contribution is 7.19. The summed E-state index contributed by atoms with van der Waals surface area (Å²) in [6.07, 6.45) is 2.07. The van der Waals surface area contributed by atoms with Crippen LogP contribution in [0.1, 0.15) is 11.1 Å². The van der Waals surface area contributed by atoms with Gasteiger partial charge in [-0.1, -0.05) is 12.1 Å². The molecule has 0 N–H and O–H groups in total. The molecule has 0 amide bonds. The quantitative estimate of drug-likeness (QED) is 0.754. The number of rotatable bonds is 1. The van der Waals surface area contributed by atoms with Gasteiger partial charge in [0.2, 0.25) is 0 Å². The highest BCUT2D eigenvalue weighted by Gasteiger charge is 2.26. The summed E-state index contributed by atoms with van der Waals surface area (Å²) in [6, 6.07) is 6.44. The second-order valence-electron chi connectivity index (χ2n) is 5.01. The van der Waals surface area contributed by atoms with E-state index in [-0.39, 0.29) is 0 Å². The number of benzene rings is 2. The van der Waals surface area contributed by atoms with E-state index in [1.54, 1.807) is 0 Å². The number of hydrogen-bond donors (Lipinski definition) is 0. The zero-order chi connectivity index (χ0) is 13.0. The summed E-state index contributed by atoms with van der Waals surface area (Å²) < 4.78 is 13.6. The van der Waals surface area contributed by atoms with Gasteiger partial charge in [-0.2, -0.15) is 0 Å². The van der Waals surface area contributed by atoms with Crippen LogP contribution >= 0.6 is 18.9 Å². The van der Waals surface area contributed by atoms with Gasteiger partial charge < -0.3 is 13.9 Å². The minimum atomic E-state index is 0.791. The largest absolute Gasteiger partial charge is 0.492 e. The molecule has 0 aromatic heterocycles. The minimum Gasteiger partial charge on any atom is -0.492 e. The van der Waals surface area contributed by atoms with Crippen molar-refractivity contribution in [2.45, 2.75) is 12.8 Å². The van der Waals surface area contributed by atoms with E-state index in [0.717, 1.165) is 42.9 Å². The first-order valence-corrected chi connectivity index (χ1v) is 7.41. The van der Waals surface area contributed by atoms with E-state index in [2.05, 4.69) is 41.7 Å². The molecule has 3 nitrogen and oxygen atoms in total. The number of nitrogens with zero attached hydrogens (tertiary/aromatic N) is 1. The van der Waals surface area contributed by atoms with E-state index in [4.69, 9.17) is 9.26 Å². The Kier molecular flexibility index (Phi) is 2.62. The monoisotopic (exact) mass is 291 g/mol. The van der Waals surface area contributed by atoms with E-state index in [0.29, 0.717) is 0 Å². The molecule has 0 aliphatic carbocycles. The highest BCUT2D eigenvalue weighted by Crippen LogP contribution is 2.47. The van der Waals surface area contributed by atoms with Gasteiger partial charge in [-0.05, 0) is 26.9 Å². The SMILES string of the molecule is POc1cc2c(c3c4c(ccc13)CCO4)CCN2P. The Balaban J connectivity index is 2.14. The van der Waals surface area contributed by atoms with E-state index in [9.17, 15) is 0 Å². The summed E-state index contributed by atoms with van der Waals surface area (Å²) in [5.41, 5.74) is 3.94. The van der Waals surface area contributed by atoms with E-state index >= 15 is 0 Å². The zero-order valence-corrected chi connectivity index (χ0v) is 12.8. The van der Waals surface area contributed by atoms with Crippen LogP contribution in [0.25, 0.3) is 10.8 Å². The topological polar surface area (TPSA) is 21.7 Å². The molecule has 2 aromatic carbocycles. The molecule has 0 fully saturated rings. The predicted octanol–water partition coefficient (Wildman–Crippen LogP) is 3.10. The molecule has 0 saturated carbocycles. The minimum absolute atomic E-state index is 0.791. The van der Waals surface area contributed by atoms with Crippen LogP contribution in [0.3, 0.4) is 0 Å². The van der Waals surface area contributed by atoms with Gasteiger partial charge in [0.25, 0.3) is 0 Å². The Bertz CT molecular complexity index is 687. The van der Waals surface area contributed by atoms with Gasteiger partial charge in [0.15, 0.2) is 0 Å². The maximum Gasteiger partial charge on any atom is 0.132 e. The molecular formula is C14H15NO2P2. The maximum absolute atomic E-state index is 5.88. The average molecular weight is 291 g/mol. The Hall–Kier alpha value is -1.04. The van der Waals surface area contributed by atoms with Gasteiger partial charge in [-0.25, -0.2) is 0 Å². The third-order valence-electron chi connectivity index (χ3n) is 4.04. The number of ether oxygens (including phenoxy) is 1. The molecule has 2 aliphatic rings. The Morgan fingerprint density at radius 2 is 2.16 bits per heavy atom. The molecule has 2 aliphatic heterocycles. The molecule has 2 heterocycles. The molecule has 2 aromatic rings. The van der Waals surface area contributed by atoms with Crippen molar-refractivity contribution in [3.63, 3.8) is 0 Å². The normalized spacial score (nSPS) is 16.4. The number of hydrogen-bond acceptors (Lipinski definition) is 3. The lowest BCUT2D eigenvalue weighted by Gasteiger charge is -2.16. The average Bonchev–Trinajstić information content (AvgIpc) is 3.04. The van der Waals surface area contributed by atoms with Crippen LogP contribution < -0.4 is 13.9 Å². The molecule has 5 heteroatoms. The molecule has 0 saturated heterocycles. The van der Waals surface area contributed by atoms with Crippen molar-refractivity contribution in [2.24, 2.45) is 0 Å². The van der Waals surface area contributed by atoms with Crippen molar-refractivity contribution in [2.75, 3.05) is 17.8 Å². The van der Waals surface area contributed by atoms with Crippen LogP contribution in [0.5, 0.6) is 11.5 Å². The van der Waals surface area contributed by atoms with Crippen molar-refractivity contribution >= 4 is 35.3 Å². The molecular weight excluding hydrogens is 276 g/mol. The first-order valence-electron chi connectivity index (χ1n) is 6.43. The molecule has 0 radical (unpaired) electrons. The summed E-state index contributed by atoms with van der Waals surface area (Å²) in [7, 11) is 5.13. The van der Waals surface area contributed by atoms with Crippen molar-refractivity contribution < 1.29 is 9.26 Å². The fourth-order valence-corrected chi connectivity index (χ4v) is 3.69. The highest BCUT2D eigenvalue weighted by atomic mass is 31.0. The molecule has 0 spiro atoms. The first-order chi connectivity index (χ1) is 9.29. The Morgan fingerprint density at radius 3 is 3.00 bits per heavy atom. The van der Waals surface area contributed by atoms with E-state index < -0.39 is 0 Å². The van der Waals surface area contributed by atoms with Crippen molar-refractivity contribution in [3.05, 3.63) is 29.3 Å². The molecule has 2 atom stereocenters. The lowest BCUT2D eigenvalue weighted by molar-refractivity contribution is 0.360. The van der Waals surface area contributed by atoms with Crippen molar-refractivity contribution in [1.82, 2.24) is 0 Å². The second-order valence-corrected chi connectivity index (χ2v) is 5.87. The molecule has 19 heavy (non-hydrogen) atoms. The van der Waals surface area contributed by atoms with Gasteiger partial charge in [0, 0.05) is 35.5 Å². The van der Waals surface area contributed by atoms with Crippen molar-refractivity contribution in [1.29, 1.82) is 0 Å². The van der Waals surface area contributed by atoms with Crippen molar-refractivity contribution in [3.8, 4) is 11.5 Å². The molecule has 4 rings (SSSR count). The summed E-state index contributed by atoms with van der Waals surface area (Å²) in [4.78, 5) is 0. The van der Waals surface area contributed by atoms with Gasteiger partial charge in [0.1, 0.15) is 11.5 Å². The summed E-state index contributed by atoms with van der Waals surface area (Å²) in [5.74, 6) is 1.96. The van der Waals surface area contributed by atoms with Gasteiger partial charge in [0.05, 0.1) is 16.1 Å². The van der Waals surface area contributed by atoms with Gasteiger partial charge >= 0.3 is 0 Å². The van der Waals surface area contributed by atoms with Crippen LogP contribution in [0.4, 0.5) is 5.69 Å². The Labute approximate surface area is 116 Å². The third-order valence-corrected chi connectivity index (χ3v) is 4.83. The summed E-state index contributed by atoms with van der Waals surface area (Å²) >= 11 is 0. The third kappa shape index (κ3) is 1.58. The lowest BCUT2D eigenvalue weighted by Crippen LogP contribution is -2.03. The summed E-state index contributed by atoms with van der Waals surface area (Å²) in [5, 5.41) is 2.39. The standard InChI is InChI=1S/C14H15NO2P2/c18-15-5-3-9-11(15)7-12(17-19)10-2-1-8-4-6-16-14(8)13(9)10/h1-2,7H,3-6,18-19H2. The van der Waals surface area contributed by atoms with Crippen LogP contribution in [-0.2, 0) is 12.8 Å².